The number of amides is 2. The van der Waals surface area contributed by atoms with Crippen molar-refractivity contribution in [2.75, 3.05) is 45.9 Å². The second-order valence-electron chi connectivity index (χ2n) is 8.11. The zero-order valence-electron chi connectivity index (χ0n) is 17.3. The monoisotopic (exact) mass is 391 g/mol. The van der Waals surface area contributed by atoms with E-state index in [4.69, 9.17) is 4.74 Å². The summed E-state index contributed by atoms with van der Waals surface area (Å²) < 4.78 is 7.14. The molecular weight excluding hydrogens is 358 g/mol. The lowest BCUT2D eigenvalue weighted by atomic mass is 9.95. The van der Waals surface area contributed by atoms with Crippen molar-refractivity contribution < 1.29 is 14.3 Å². The molecule has 0 saturated carbocycles. The third-order valence-corrected chi connectivity index (χ3v) is 5.66. The SMILES string of the molecule is CC(C)N(Cc1cnn(C)c1)C(=O)C1CCC(=O)N(CCN2CCOCC2)C1. The highest BCUT2D eigenvalue weighted by Crippen LogP contribution is 2.22. The van der Waals surface area contributed by atoms with Gasteiger partial charge in [-0.2, -0.15) is 5.10 Å². The van der Waals surface area contributed by atoms with E-state index in [0.29, 0.717) is 32.5 Å². The summed E-state index contributed by atoms with van der Waals surface area (Å²) in [5, 5.41) is 4.20. The molecule has 0 bridgehead atoms. The molecule has 8 heteroatoms. The topological polar surface area (TPSA) is 70.9 Å². The summed E-state index contributed by atoms with van der Waals surface area (Å²) in [7, 11) is 1.88. The van der Waals surface area contributed by atoms with Crippen molar-refractivity contribution >= 4 is 11.8 Å². The fourth-order valence-corrected chi connectivity index (χ4v) is 3.92. The molecule has 0 aromatic carbocycles. The Morgan fingerprint density at radius 2 is 2.07 bits per heavy atom. The third-order valence-electron chi connectivity index (χ3n) is 5.66. The summed E-state index contributed by atoms with van der Waals surface area (Å²) in [6, 6.07) is 0.104. The number of nitrogens with zero attached hydrogens (tertiary/aromatic N) is 5. The Morgan fingerprint density at radius 3 is 2.71 bits per heavy atom. The van der Waals surface area contributed by atoms with Crippen molar-refractivity contribution in [3.05, 3.63) is 18.0 Å². The Kier molecular flexibility index (Phi) is 7.07. The van der Waals surface area contributed by atoms with Gasteiger partial charge in [-0.1, -0.05) is 0 Å². The van der Waals surface area contributed by atoms with E-state index in [1.165, 1.54) is 0 Å². The Bertz CT molecular complexity index is 669. The van der Waals surface area contributed by atoms with E-state index in [1.54, 1.807) is 4.68 Å². The maximum atomic E-state index is 13.2. The number of hydrogen-bond donors (Lipinski definition) is 0. The molecule has 28 heavy (non-hydrogen) atoms. The molecule has 2 aliphatic rings. The molecule has 3 rings (SSSR count). The van der Waals surface area contributed by atoms with Crippen molar-refractivity contribution in [3.63, 3.8) is 0 Å². The van der Waals surface area contributed by atoms with Gasteiger partial charge in [0.1, 0.15) is 0 Å². The van der Waals surface area contributed by atoms with Gasteiger partial charge in [-0.05, 0) is 20.3 Å². The zero-order valence-corrected chi connectivity index (χ0v) is 17.3. The van der Waals surface area contributed by atoms with Gasteiger partial charge in [0.2, 0.25) is 11.8 Å². The number of hydrogen-bond acceptors (Lipinski definition) is 5. The fraction of sp³-hybridized carbons (Fsp3) is 0.750. The largest absolute Gasteiger partial charge is 0.379 e. The maximum Gasteiger partial charge on any atom is 0.228 e. The van der Waals surface area contributed by atoms with E-state index in [1.807, 2.05) is 43.1 Å². The van der Waals surface area contributed by atoms with Gasteiger partial charge in [-0.3, -0.25) is 19.2 Å². The first-order chi connectivity index (χ1) is 13.4. The summed E-state index contributed by atoms with van der Waals surface area (Å²) in [5.41, 5.74) is 1.03. The van der Waals surface area contributed by atoms with Gasteiger partial charge in [0, 0.05) is 70.5 Å². The molecule has 156 valence electrons. The Hall–Kier alpha value is -1.93. The van der Waals surface area contributed by atoms with Crippen LogP contribution in [0, 0.1) is 5.92 Å². The molecule has 3 heterocycles. The van der Waals surface area contributed by atoms with E-state index < -0.39 is 0 Å². The van der Waals surface area contributed by atoms with E-state index in [2.05, 4.69) is 10.00 Å². The van der Waals surface area contributed by atoms with Crippen molar-refractivity contribution in [1.29, 1.82) is 0 Å². The number of aromatic nitrogens is 2. The number of likely N-dealkylation sites (tertiary alicyclic amines) is 1. The molecule has 1 atom stereocenters. The highest BCUT2D eigenvalue weighted by Gasteiger charge is 2.33. The van der Waals surface area contributed by atoms with Crippen LogP contribution in [-0.4, -0.2) is 88.3 Å². The van der Waals surface area contributed by atoms with Crippen LogP contribution in [0.5, 0.6) is 0 Å². The van der Waals surface area contributed by atoms with Gasteiger partial charge in [0.25, 0.3) is 0 Å². The average Bonchev–Trinajstić information content (AvgIpc) is 3.10. The first-order valence-corrected chi connectivity index (χ1v) is 10.3. The lowest BCUT2D eigenvalue weighted by Crippen LogP contribution is -2.50. The minimum absolute atomic E-state index is 0.104. The number of carbonyl (C=O) groups is 2. The van der Waals surface area contributed by atoms with Crippen LogP contribution in [-0.2, 0) is 27.9 Å². The van der Waals surface area contributed by atoms with E-state index in [0.717, 1.165) is 38.4 Å². The molecule has 2 saturated heterocycles. The Labute approximate surface area is 167 Å². The van der Waals surface area contributed by atoms with Crippen LogP contribution >= 0.6 is 0 Å². The Balaban J connectivity index is 1.58. The summed E-state index contributed by atoms with van der Waals surface area (Å²) in [6.07, 6.45) is 4.85. The zero-order chi connectivity index (χ0) is 20.1. The molecule has 1 aromatic rings. The van der Waals surface area contributed by atoms with Crippen molar-refractivity contribution in [1.82, 2.24) is 24.5 Å². The van der Waals surface area contributed by atoms with E-state index in [-0.39, 0.29) is 23.8 Å². The molecule has 2 amide bonds. The van der Waals surface area contributed by atoms with Crippen LogP contribution < -0.4 is 0 Å². The van der Waals surface area contributed by atoms with Crippen molar-refractivity contribution in [2.24, 2.45) is 13.0 Å². The normalized spacial score (nSPS) is 21.4. The number of ether oxygens (including phenoxy) is 1. The molecule has 1 unspecified atom stereocenters. The fourth-order valence-electron chi connectivity index (χ4n) is 3.92. The van der Waals surface area contributed by atoms with Gasteiger partial charge in [0.05, 0.1) is 25.3 Å². The lowest BCUT2D eigenvalue weighted by Gasteiger charge is -2.37. The van der Waals surface area contributed by atoms with Gasteiger partial charge < -0.3 is 14.5 Å². The molecule has 2 fully saturated rings. The number of aryl methyl sites for hydroxylation is 1. The van der Waals surface area contributed by atoms with Gasteiger partial charge >= 0.3 is 0 Å². The summed E-state index contributed by atoms with van der Waals surface area (Å²) in [4.78, 5) is 31.7. The molecule has 8 nitrogen and oxygen atoms in total. The van der Waals surface area contributed by atoms with Gasteiger partial charge in [-0.15, -0.1) is 0 Å². The van der Waals surface area contributed by atoms with Crippen molar-refractivity contribution in [3.8, 4) is 0 Å². The maximum absolute atomic E-state index is 13.2. The third kappa shape index (κ3) is 5.32. The highest BCUT2D eigenvalue weighted by molar-refractivity contribution is 5.84. The molecule has 1 aromatic heterocycles. The summed E-state index contributed by atoms with van der Waals surface area (Å²) >= 11 is 0. The Morgan fingerprint density at radius 1 is 1.32 bits per heavy atom. The first-order valence-electron chi connectivity index (χ1n) is 10.3. The number of carbonyl (C=O) groups excluding carboxylic acids is 2. The second-order valence-corrected chi connectivity index (χ2v) is 8.11. The van der Waals surface area contributed by atoms with Crippen molar-refractivity contribution in [2.45, 2.75) is 39.3 Å². The standard InChI is InChI=1S/C20H33N5O3/c1-16(2)25(14-17-12-21-22(3)13-17)20(27)18-4-5-19(26)24(15-18)7-6-23-8-10-28-11-9-23/h12-13,16,18H,4-11,14-15H2,1-3H3. The molecule has 0 radical (unpaired) electrons. The molecule has 0 N–H and O–H groups in total. The van der Waals surface area contributed by atoms with E-state index >= 15 is 0 Å². The van der Waals surface area contributed by atoms with Crippen LogP contribution in [0.4, 0.5) is 0 Å². The predicted octanol–water partition coefficient (Wildman–Crippen LogP) is 0.728. The quantitative estimate of drug-likeness (QED) is 0.685. The van der Waals surface area contributed by atoms with Gasteiger partial charge in [0.15, 0.2) is 0 Å². The highest BCUT2D eigenvalue weighted by atomic mass is 16.5. The molecule has 2 aliphatic heterocycles. The lowest BCUT2D eigenvalue weighted by molar-refractivity contribution is -0.144. The predicted molar refractivity (Wildman–Crippen MR) is 105 cm³/mol. The van der Waals surface area contributed by atoms with Gasteiger partial charge in [-0.25, -0.2) is 0 Å². The summed E-state index contributed by atoms with van der Waals surface area (Å²) in [6.45, 7) is 10.0. The number of morpholine rings is 1. The van der Waals surface area contributed by atoms with Crippen LogP contribution in [0.3, 0.4) is 0 Å². The van der Waals surface area contributed by atoms with E-state index in [9.17, 15) is 9.59 Å². The molecular formula is C20H33N5O3. The minimum atomic E-state index is -0.124. The smallest absolute Gasteiger partial charge is 0.228 e. The van der Waals surface area contributed by atoms with Crippen LogP contribution in [0.15, 0.2) is 12.4 Å². The number of rotatable bonds is 7. The minimum Gasteiger partial charge on any atom is -0.379 e. The average molecular weight is 392 g/mol. The number of piperidine rings is 1. The first kappa shape index (κ1) is 20.8. The molecule has 0 aliphatic carbocycles. The second kappa shape index (κ2) is 9.52. The van der Waals surface area contributed by atoms with Crippen LogP contribution in [0.2, 0.25) is 0 Å². The van der Waals surface area contributed by atoms with Crippen LogP contribution in [0.25, 0.3) is 0 Å². The van der Waals surface area contributed by atoms with Crippen LogP contribution in [0.1, 0.15) is 32.3 Å². The summed E-state index contributed by atoms with van der Waals surface area (Å²) in [5.74, 6) is 0.185. The molecule has 0 spiro atoms.